The van der Waals surface area contributed by atoms with Crippen LogP contribution in [0, 0.1) is 5.92 Å². The van der Waals surface area contributed by atoms with E-state index in [0.717, 1.165) is 6.54 Å². The van der Waals surface area contributed by atoms with Gasteiger partial charge in [0.15, 0.2) is 5.78 Å². The zero-order valence-corrected chi connectivity index (χ0v) is 12.2. The highest BCUT2D eigenvalue weighted by Gasteiger charge is 2.23. The molecule has 0 bridgehead atoms. The van der Waals surface area contributed by atoms with Crippen molar-refractivity contribution in [1.82, 2.24) is 9.47 Å². The molecule has 0 aliphatic heterocycles. The van der Waals surface area contributed by atoms with E-state index in [1.54, 1.807) is 10.8 Å². The molecule has 0 radical (unpaired) electrons. The first-order chi connectivity index (χ1) is 8.73. The van der Waals surface area contributed by atoms with E-state index in [2.05, 4.69) is 0 Å². The lowest BCUT2D eigenvalue weighted by Crippen LogP contribution is -2.29. The largest absolute Gasteiger partial charge is 0.477 e. The van der Waals surface area contributed by atoms with Crippen LogP contribution in [0.4, 0.5) is 0 Å². The molecule has 1 atom stereocenters. The number of carboxylic acids is 1. The highest BCUT2D eigenvalue weighted by atomic mass is 16.4. The number of aromatic carboxylic acids is 1. The highest BCUT2D eigenvalue weighted by molar-refractivity contribution is 5.97. The van der Waals surface area contributed by atoms with Crippen LogP contribution in [0.5, 0.6) is 0 Å². The van der Waals surface area contributed by atoms with Crippen LogP contribution >= 0.6 is 0 Å². The molecule has 106 valence electrons. The summed E-state index contributed by atoms with van der Waals surface area (Å²) in [5.74, 6) is -0.849. The van der Waals surface area contributed by atoms with Gasteiger partial charge in [0, 0.05) is 24.3 Å². The third kappa shape index (κ3) is 3.67. The van der Waals surface area contributed by atoms with Gasteiger partial charge in [0.2, 0.25) is 0 Å². The smallest absolute Gasteiger partial charge is 0.352 e. The van der Waals surface area contributed by atoms with Crippen molar-refractivity contribution >= 4 is 11.8 Å². The number of hydrogen-bond donors (Lipinski definition) is 1. The summed E-state index contributed by atoms with van der Waals surface area (Å²) in [6, 6.07) is 1.48. The first-order valence-corrected chi connectivity index (χ1v) is 6.34. The highest BCUT2D eigenvalue weighted by Crippen LogP contribution is 2.23. The number of hydrogen-bond acceptors (Lipinski definition) is 3. The number of Topliss-reactive ketones (excluding diaryl/α,β-unsaturated/α-hetero) is 1. The predicted molar refractivity (Wildman–Crippen MR) is 73.8 cm³/mol. The Kier molecular flexibility index (Phi) is 4.89. The summed E-state index contributed by atoms with van der Waals surface area (Å²) in [6.07, 6.45) is 1.65. The molecule has 0 spiro atoms. The second-order valence-electron chi connectivity index (χ2n) is 5.46. The third-order valence-corrected chi connectivity index (χ3v) is 3.15. The molecule has 1 unspecified atom stereocenters. The van der Waals surface area contributed by atoms with Crippen molar-refractivity contribution in [3.05, 3.63) is 23.5 Å². The molecule has 0 saturated carbocycles. The molecule has 1 aromatic rings. The molecule has 1 rings (SSSR count). The number of ketones is 1. The first-order valence-electron chi connectivity index (χ1n) is 6.34. The Labute approximate surface area is 113 Å². The summed E-state index contributed by atoms with van der Waals surface area (Å²) in [6.45, 7) is 6.27. The molecule has 0 fully saturated rings. The molecular formula is C14H22N2O3. The van der Waals surface area contributed by atoms with Gasteiger partial charge in [0.05, 0.1) is 0 Å². The van der Waals surface area contributed by atoms with Crippen molar-refractivity contribution in [2.24, 2.45) is 5.92 Å². The molecule has 1 heterocycles. The Bertz CT molecular complexity index is 475. The average Bonchev–Trinajstić information content (AvgIpc) is 2.69. The third-order valence-electron chi connectivity index (χ3n) is 3.15. The van der Waals surface area contributed by atoms with Crippen LogP contribution in [0.1, 0.15) is 47.7 Å². The maximum Gasteiger partial charge on any atom is 0.352 e. The summed E-state index contributed by atoms with van der Waals surface area (Å²) in [5.41, 5.74) is 0.618. The van der Waals surface area contributed by atoms with Crippen molar-refractivity contribution in [1.29, 1.82) is 0 Å². The van der Waals surface area contributed by atoms with E-state index in [0.29, 0.717) is 5.56 Å². The van der Waals surface area contributed by atoms with E-state index in [1.807, 2.05) is 32.8 Å². The number of nitrogens with zero attached hydrogens (tertiary/aromatic N) is 2. The van der Waals surface area contributed by atoms with Gasteiger partial charge in [0.1, 0.15) is 5.69 Å². The molecule has 0 aliphatic carbocycles. The van der Waals surface area contributed by atoms with Crippen LogP contribution in [-0.4, -0.2) is 47.0 Å². The van der Waals surface area contributed by atoms with E-state index < -0.39 is 5.97 Å². The van der Waals surface area contributed by atoms with Gasteiger partial charge < -0.3 is 14.6 Å². The van der Waals surface area contributed by atoms with Gasteiger partial charge in [0.25, 0.3) is 0 Å². The fraction of sp³-hybridized carbons (Fsp3) is 0.571. The van der Waals surface area contributed by atoms with Gasteiger partial charge in [-0.25, -0.2) is 4.79 Å². The minimum Gasteiger partial charge on any atom is -0.477 e. The zero-order chi connectivity index (χ0) is 14.7. The number of aromatic nitrogens is 1. The lowest BCUT2D eigenvalue weighted by Gasteiger charge is -2.27. The van der Waals surface area contributed by atoms with Gasteiger partial charge in [-0.2, -0.15) is 0 Å². The maximum atomic E-state index is 11.4. The quantitative estimate of drug-likeness (QED) is 0.801. The van der Waals surface area contributed by atoms with E-state index in [9.17, 15) is 14.7 Å². The van der Waals surface area contributed by atoms with Gasteiger partial charge in [-0.1, -0.05) is 13.8 Å². The van der Waals surface area contributed by atoms with Gasteiger partial charge in [-0.15, -0.1) is 0 Å². The van der Waals surface area contributed by atoms with Gasteiger partial charge in [-0.3, -0.25) is 4.79 Å². The Morgan fingerprint density at radius 2 is 1.95 bits per heavy atom. The van der Waals surface area contributed by atoms with Crippen LogP contribution in [0.25, 0.3) is 0 Å². The van der Waals surface area contributed by atoms with Crippen LogP contribution < -0.4 is 0 Å². The second kappa shape index (κ2) is 6.02. The minimum absolute atomic E-state index is 0.0224. The van der Waals surface area contributed by atoms with Gasteiger partial charge in [-0.05, 0) is 33.0 Å². The van der Waals surface area contributed by atoms with Crippen LogP contribution in [0.15, 0.2) is 12.3 Å². The fourth-order valence-electron chi connectivity index (χ4n) is 2.11. The Morgan fingerprint density at radius 1 is 1.37 bits per heavy atom. The van der Waals surface area contributed by atoms with E-state index in [-0.39, 0.29) is 23.4 Å². The summed E-state index contributed by atoms with van der Waals surface area (Å²) < 4.78 is 1.71. The monoisotopic (exact) mass is 266 g/mol. The number of carbonyl (C=O) groups is 2. The first kappa shape index (κ1) is 15.4. The molecule has 0 aliphatic rings. The van der Waals surface area contributed by atoms with Crippen molar-refractivity contribution < 1.29 is 14.7 Å². The number of likely N-dealkylation sites (N-methyl/N-ethyl adjacent to an activating group) is 1. The Balaban J connectivity index is 3.27. The Hall–Kier alpha value is -1.62. The van der Waals surface area contributed by atoms with Crippen molar-refractivity contribution in [3.63, 3.8) is 0 Å². The number of carboxylic acid groups (broad SMARTS) is 1. The van der Waals surface area contributed by atoms with Crippen molar-refractivity contribution in [2.75, 3.05) is 20.6 Å². The van der Waals surface area contributed by atoms with Crippen LogP contribution in [-0.2, 0) is 0 Å². The molecule has 0 saturated heterocycles. The van der Waals surface area contributed by atoms with Crippen molar-refractivity contribution in [2.45, 2.75) is 26.8 Å². The van der Waals surface area contributed by atoms with Gasteiger partial charge >= 0.3 is 5.97 Å². The molecule has 19 heavy (non-hydrogen) atoms. The van der Waals surface area contributed by atoms with E-state index in [4.69, 9.17) is 0 Å². The molecule has 5 nitrogen and oxygen atoms in total. The average molecular weight is 266 g/mol. The summed E-state index contributed by atoms with van der Waals surface area (Å²) in [7, 11) is 3.90. The molecular weight excluding hydrogens is 244 g/mol. The van der Waals surface area contributed by atoms with E-state index in [1.165, 1.54) is 13.0 Å². The molecule has 5 heteroatoms. The molecule has 1 aromatic heterocycles. The summed E-state index contributed by atoms with van der Waals surface area (Å²) >= 11 is 0. The Morgan fingerprint density at radius 3 is 2.32 bits per heavy atom. The zero-order valence-electron chi connectivity index (χ0n) is 12.2. The summed E-state index contributed by atoms with van der Waals surface area (Å²) in [5, 5.41) is 9.28. The lowest BCUT2D eigenvalue weighted by atomic mass is 10.0. The standard InChI is InChI=1S/C14H22N2O3/c1-9(2)13(8-15(4)5)16-7-11(10(3)17)6-12(16)14(18)19/h6-7,9,13H,8H2,1-5H3,(H,18,19). The second-order valence-corrected chi connectivity index (χ2v) is 5.46. The normalized spacial score (nSPS) is 13.0. The molecule has 1 N–H and O–H groups in total. The van der Waals surface area contributed by atoms with Crippen LogP contribution in [0.2, 0.25) is 0 Å². The topological polar surface area (TPSA) is 62.5 Å². The number of carbonyl (C=O) groups excluding carboxylic acids is 1. The fourth-order valence-corrected chi connectivity index (χ4v) is 2.11. The minimum atomic E-state index is -1.00. The maximum absolute atomic E-state index is 11.4. The number of rotatable bonds is 6. The van der Waals surface area contributed by atoms with E-state index >= 15 is 0 Å². The molecule has 0 amide bonds. The summed E-state index contributed by atoms with van der Waals surface area (Å²) in [4.78, 5) is 24.8. The SMILES string of the molecule is CC(=O)c1cc(C(=O)O)n(C(CN(C)C)C(C)C)c1. The van der Waals surface area contributed by atoms with Crippen molar-refractivity contribution in [3.8, 4) is 0 Å². The predicted octanol–water partition coefficient (Wildman–Crippen LogP) is 2.15. The molecule has 0 aromatic carbocycles. The lowest BCUT2D eigenvalue weighted by molar-refractivity contribution is 0.0679. The van der Waals surface area contributed by atoms with Crippen LogP contribution in [0.3, 0.4) is 0 Å².